The van der Waals surface area contributed by atoms with Crippen molar-refractivity contribution < 1.29 is 20.1 Å². The molecule has 9 nitrogen and oxygen atoms in total. The third kappa shape index (κ3) is 1.95. The van der Waals surface area contributed by atoms with Crippen LogP contribution in [0.4, 0.5) is 5.82 Å². The third-order valence-electron chi connectivity index (χ3n) is 3.20. The SMILES string of the molecule is CC(O)[C@H]1O[C@@](C#N)(n2ccc(N)nc2=O)[C@@H](O)[C@@H]1O. The lowest BCUT2D eigenvalue weighted by Gasteiger charge is -2.26. The molecule has 2 rings (SSSR count). The fourth-order valence-electron chi connectivity index (χ4n) is 2.16. The molecule has 2 heterocycles. The van der Waals surface area contributed by atoms with Crippen molar-refractivity contribution in [3.05, 3.63) is 22.7 Å². The summed E-state index contributed by atoms with van der Waals surface area (Å²) < 4.78 is 6.00. The van der Waals surface area contributed by atoms with Crippen LogP contribution in [0.2, 0.25) is 0 Å². The highest BCUT2D eigenvalue weighted by Gasteiger charge is 2.58. The smallest absolute Gasteiger partial charge is 0.352 e. The molecule has 0 aromatic carbocycles. The molecule has 0 bridgehead atoms. The van der Waals surface area contributed by atoms with Crippen molar-refractivity contribution in [1.29, 1.82) is 5.26 Å². The minimum atomic E-state index is -2.17. The first kappa shape index (κ1) is 14.4. The molecule has 1 aromatic rings. The Balaban J connectivity index is 2.56. The van der Waals surface area contributed by atoms with Gasteiger partial charge in [-0.1, -0.05) is 0 Å². The van der Waals surface area contributed by atoms with Crippen LogP contribution in [-0.4, -0.2) is 49.3 Å². The minimum Gasteiger partial charge on any atom is -0.391 e. The summed E-state index contributed by atoms with van der Waals surface area (Å²) >= 11 is 0. The maximum absolute atomic E-state index is 11.8. The van der Waals surface area contributed by atoms with Gasteiger partial charge in [0.05, 0.1) is 6.10 Å². The monoisotopic (exact) mass is 282 g/mol. The van der Waals surface area contributed by atoms with Gasteiger partial charge in [-0.05, 0) is 13.0 Å². The highest BCUT2D eigenvalue weighted by molar-refractivity contribution is 5.25. The zero-order valence-electron chi connectivity index (χ0n) is 10.5. The Morgan fingerprint density at radius 2 is 2.30 bits per heavy atom. The summed E-state index contributed by atoms with van der Waals surface area (Å²) in [5.41, 5.74) is 2.27. The van der Waals surface area contributed by atoms with E-state index in [-0.39, 0.29) is 5.82 Å². The Hall–Kier alpha value is -1.99. The van der Waals surface area contributed by atoms with Gasteiger partial charge in [-0.15, -0.1) is 0 Å². The van der Waals surface area contributed by atoms with Crippen molar-refractivity contribution in [2.75, 3.05) is 5.73 Å². The van der Waals surface area contributed by atoms with Crippen LogP contribution in [0.1, 0.15) is 6.92 Å². The Morgan fingerprint density at radius 3 is 2.75 bits per heavy atom. The topological polar surface area (TPSA) is 155 Å². The molecule has 20 heavy (non-hydrogen) atoms. The molecule has 108 valence electrons. The number of nitrogens with zero attached hydrogens (tertiary/aromatic N) is 3. The van der Waals surface area contributed by atoms with Crippen molar-refractivity contribution in [3.63, 3.8) is 0 Å². The molecule has 9 heteroatoms. The predicted octanol–water partition coefficient (Wildman–Crippen LogP) is -2.50. The van der Waals surface area contributed by atoms with Crippen molar-refractivity contribution in [2.45, 2.75) is 37.1 Å². The van der Waals surface area contributed by atoms with Gasteiger partial charge in [0.25, 0.3) is 5.72 Å². The molecule has 0 spiro atoms. The summed E-state index contributed by atoms with van der Waals surface area (Å²) in [7, 11) is 0. The molecule has 1 aromatic heterocycles. The fourth-order valence-corrected chi connectivity index (χ4v) is 2.16. The number of nitriles is 1. The third-order valence-corrected chi connectivity index (χ3v) is 3.20. The van der Waals surface area contributed by atoms with Gasteiger partial charge in [-0.25, -0.2) is 4.79 Å². The van der Waals surface area contributed by atoms with Crippen LogP contribution in [-0.2, 0) is 10.5 Å². The number of aliphatic hydroxyl groups excluding tert-OH is 3. The first-order chi connectivity index (χ1) is 9.33. The molecule has 1 unspecified atom stereocenters. The number of hydrogen-bond donors (Lipinski definition) is 4. The molecular formula is C11H14N4O5. The molecule has 0 aliphatic carbocycles. The summed E-state index contributed by atoms with van der Waals surface area (Å²) in [6, 6.07) is 2.91. The van der Waals surface area contributed by atoms with E-state index < -0.39 is 35.8 Å². The van der Waals surface area contributed by atoms with Crippen molar-refractivity contribution >= 4 is 5.82 Å². The molecule has 5 atom stereocenters. The molecular weight excluding hydrogens is 268 g/mol. The summed E-state index contributed by atoms with van der Waals surface area (Å²) in [5.74, 6) is -0.0561. The van der Waals surface area contributed by atoms with E-state index in [1.165, 1.54) is 13.0 Å². The summed E-state index contributed by atoms with van der Waals surface area (Å²) in [4.78, 5) is 15.2. The van der Waals surface area contributed by atoms with Gasteiger partial charge in [0.15, 0.2) is 0 Å². The molecule has 1 saturated heterocycles. The average molecular weight is 282 g/mol. The normalized spacial score (nSPS) is 34.6. The van der Waals surface area contributed by atoms with Crippen molar-refractivity contribution in [1.82, 2.24) is 9.55 Å². The molecule has 0 radical (unpaired) electrons. The molecule has 1 fully saturated rings. The first-order valence-corrected chi connectivity index (χ1v) is 5.82. The quantitative estimate of drug-likeness (QED) is 0.464. The standard InChI is InChI=1S/C11H14N4O5/c1-5(16)8-7(17)9(18)11(4-12,20-8)15-3-2-6(13)14-10(15)19/h2-3,5,7-9,16-18H,1H3,(H2,13,14,19)/t5?,7-,8-,9+,11-/m1/s1. The van der Waals surface area contributed by atoms with E-state index in [1.54, 1.807) is 6.07 Å². The van der Waals surface area contributed by atoms with Gasteiger partial charge in [0, 0.05) is 6.20 Å². The van der Waals surface area contributed by atoms with E-state index >= 15 is 0 Å². The molecule has 0 saturated carbocycles. The fraction of sp³-hybridized carbons (Fsp3) is 0.545. The van der Waals surface area contributed by atoms with Crippen LogP contribution in [0.25, 0.3) is 0 Å². The first-order valence-electron chi connectivity index (χ1n) is 5.82. The average Bonchev–Trinajstić information content (AvgIpc) is 2.64. The maximum Gasteiger partial charge on any atom is 0.352 e. The van der Waals surface area contributed by atoms with Crippen LogP contribution in [0.3, 0.4) is 0 Å². The Bertz CT molecular complexity index is 610. The van der Waals surface area contributed by atoms with Crippen molar-refractivity contribution in [3.8, 4) is 6.07 Å². The van der Waals surface area contributed by atoms with Crippen LogP contribution >= 0.6 is 0 Å². The number of aromatic nitrogens is 2. The van der Waals surface area contributed by atoms with E-state index in [9.17, 15) is 25.4 Å². The van der Waals surface area contributed by atoms with E-state index in [4.69, 9.17) is 10.5 Å². The lowest BCUT2D eigenvalue weighted by molar-refractivity contribution is -0.123. The molecule has 1 aliphatic heterocycles. The summed E-state index contributed by atoms with van der Waals surface area (Å²) in [6.07, 6.45) is -4.48. The van der Waals surface area contributed by atoms with E-state index in [0.29, 0.717) is 0 Å². The van der Waals surface area contributed by atoms with Crippen LogP contribution in [0.15, 0.2) is 17.1 Å². The number of ether oxygens (including phenoxy) is 1. The Kier molecular flexibility index (Phi) is 3.49. The van der Waals surface area contributed by atoms with Crippen LogP contribution < -0.4 is 11.4 Å². The summed E-state index contributed by atoms with van der Waals surface area (Å²) in [6.45, 7) is 1.33. The van der Waals surface area contributed by atoms with Crippen LogP contribution in [0.5, 0.6) is 0 Å². The largest absolute Gasteiger partial charge is 0.391 e. The van der Waals surface area contributed by atoms with Crippen molar-refractivity contribution in [2.24, 2.45) is 0 Å². The number of aliphatic hydroxyl groups is 3. The summed E-state index contributed by atoms with van der Waals surface area (Å²) in [5, 5.41) is 38.7. The zero-order chi connectivity index (χ0) is 15.1. The highest BCUT2D eigenvalue weighted by Crippen LogP contribution is 2.35. The van der Waals surface area contributed by atoms with E-state index in [0.717, 1.165) is 10.8 Å². The number of rotatable bonds is 2. The van der Waals surface area contributed by atoms with Gasteiger partial charge < -0.3 is 25.8 Å². The zero-order valence-corrected chi connectivity index (χ0v) is 10.5. The number of hydrogen-bond acceptors (Lipinski definition) is 8. The lowest BCUT2D eigenvalue weighted by atomic mass is 10.0. The number of nitrogen functional groups attached to an aromatic ring is 1. The molecule has 0 amide bonds. The second-order valence-electron chi connectivity index (χ2n) is 4.57. The van der Waals surface area contributed by atoms with E-state index in [2.05, 4.69) is 4.98 Å². The minimum absolute atomic E-state index is 0.0561. The lowest BCUT2D eigenvalue weighted by Crippen LogP contribution is -2.49. The van der Waals surface area contributed by atoms with Gasteiger partial charge in [0.1, 0.15) is 30.2 Å². The van der Waals surface area contributed by atoms with Crippen LogP contribution in [0, 0.1) is 11.3 Å². The maximum atomic E-state index is 11.8. The predicted molar refractivity (Wildman–Crippen MR) is 65.1 cm³/mol. The second kappa shape index (κ2) is 4.84. The second-order valence-corrected chi connectivity index (χ2v) is 4.57. The number of anilines is 1. The van der Waals surface area contributed by atoms with E-state index in [1.807, 2.05) is 0 Å². The Morgan fingerprint density at radius 1 is 1.65 bits per heavy atom. The van der Waals surface area contributed by atoms with Gasteiger partial charge in [0.2, 0.25) is 0 Å². The van der Waals surface area contributed by atoms with Gasteiger partial charge in [-0.2, -0.15) is 10.2 Å². The van der Waals surface area contributed by atoms with Gasteiger partial charge in [-0.3, -0.25) is 4.57 Å². The Labute approximate surface area is 113 Å². The molecule has 1 aliphatic rings. The highest BCUT2D eigenvalue weighted by atomic mass is 16.6. The molecule has 5 N–H and O–H groups in total. The van der Waals surface area contributed by atoms with Gasteiger partial charge >= 0.3 is 5.69 Å². The number of nitrogens with two attached hydrogens (primary N) is 1.